The summed E-state index contributed by atoms with van der Waals surface area (Å²) in [6.45, 7) is 3.85. The molecule has 128 valence electrons. The molecule has 24 heavy (non-hydrogen) atoms. The Morgan fingerprint density at radius 2 is 1.67 bits per heavy atom. The van der Waals surface area contributed by atoms with E-state index < -0.39 is 11.5 Å². The first kappa shape index (κ1) is 16.9. The molecule has 2 unspecified atom stereocenters. The summed E-state index contributed by atoms with van der Waals surface area (Å²) in [5, 5.41) is 0. The molecule has 1 aromatic rings. The number of hydrogen-bond donors (Lipinski definition) is 0. The zero-order valence-corrected chi connectivity index (χ0v) is 14.2. The fraction of sp³-hybridized carbons (Fsp3) is 0.524. The highest BCUT2D eigenvalue weighted by Crippen LogP contribution is 2.41. The van der Waals surface area contributed by atoms with E-state index in [2.05, 4.69) is 6.58 Å². The van der Waals surface area contributed by atoms with E-state index in [4.69, 9.17) is 4.74 Å². The molecule has 0 bridgehead atoms. The van der Waals surface area contributed by atoms with Crippen molar-refractivity contribution in [3.63, 3.8) is 0 Å². The van der Waals surface area contributed by atoms with Gasteiger partial charge in [0.05, 0.1) is 0 Å². The Bertz CT molecular complexity index is 577. The van der Waals surface area contributed by atoms with Crippen LogP contribution in [-0.4, -0.2) is 17.4 Å². The van der Waals surface area contributed by atoms with E-state index in [0.29, 0.717) is 6.42 Å². The Morgan fingerprint density at radius 1 is 1.04 bits per heavy atom. The summed E-state index contributed by atoms with van der Waals surface area (Å²) in [4.78, 5) is 25.7. The largest absolute Gasteiger partial charge is 0.458 e. The van der Waals surface area contributed by atoms with Crippen molar-refractivity contribution in [3.8, 4) is 0 Å². The molecular weight excluding hydrogens is 300 g/mol. The topological polar surface area (TPSA) is 43.4 Å². The lowest BCUT2D eigenvalue weighted by molar-refractivity contribution is -0.180. The van der Waals surface area contributed by atoms with E-state index in [-0.39, 0.29) is 17.7 Å². The van der Waals surface area contributed by atoms with Crippen molar-refractivity contribution in [1.29, 1.82) is 0 Å². The molecule has 1 aliphatic heterocycles. The molecule has 1 heterocycles. The average Bonchev–Trinajstić information content (AvgIpc) is 2.56. The fourth-order valence-electron chi connectivity index (χ4n) is 4.19. The van der Waals surface area contributed by atoms with Gasteiger partial charge in [0.15, 0.2) is 5.78 Å². The maximum Gasteiger partial charge on any atom is 0.317 e. The molecular formula is C21H26O3. The summed E-state index contributed by atoms with van der Waals surface area (Å²) >= 11 is 0. The Kier molecular flexibility index (Phi) is 5.17. The lowest BCUT2D eigenvalue weighted by Crippen LogP contribution is -2.49. The van der Waals surface area contributed by atoms with Gasteiger partial charge in [0, 0.05) is 12.3 Å². The highest BCUT2D eigenvalue weighted by molar-refractivity contribution is 6.02. The van der Waals surface area contributed by atoms with Crippen LogP contribution >= 0.6 is 0 Å². The van der Waals surface area contributed by atoms with Crippen LogP contribution in [0, 0.1) is 5.92 Å². The van der Waals surface area contributed by atoms with Crippen LogP contribution in [0.3, 0.4) is 0 Å². The van der Waals surface area contributed by atoms with E-state index in [1.165, 1.54) is 6.42 Å². The predicted molar refractivity (Wildman–Crippen MR) is 93.6 cm³/mol. The van der Waals surface area contributed by atoms with E-state index in [9.17, 15) is 9.59 Å². The summed E-state index contributed by atoms with van der Waals surface area (Å²) in [5.41, 5.74) is 0.393. The standard InChI is InChI=1S/C21H26O3/c1-2-17(16-11-7-6-8-12-16)19-18(22)15-21(24-20(19)23)13-9-4-3-5-10-14-21/h2,6-8,11-12,17,19H,1,3-5,9-10,13-15H2. The van der Waals surface area contributed by atoms with Crippen molar-refractivity contribution in [1.82, 2.24) is 0 Å². The minimum absolute atomic E-state index is 0.0144. The zero-order chi connectivity index (χ0) is 17.0. The van der Waals surface area contributed by atoms with Gasteiger partial charge in [-0.3, -0.25) is 9.59 Å². The molecule has 3 heteroatoms. The summed E-state index contributed by atoms with van der Waals surface area (Å²) < 4.78 is 5.93. The van der Waals surface area contributed by atoms with Crippen LogP contribution in [0.5, 0.6) is 0 Å². The summed E-state index contributed by atoms with van der Waals surface area (Å²) in [5.74, 6) is -1.40. The number of allylic oxidation sites excluding steroid dienone is 1. The van der Waals surface area contributed by atoms with Crippen molar-refractivity contribution < 1.29 is 14.3 Å². The zero-order valence-electron chi connectivity index (χ0n) is 14.2. The summed E-state index contributed by atoms with van der Waals surface area (Å²) in [6.07, 6.45) is 9.35. The molecule has 0 N–H and O–H groups in total. The molecule has 1 saturated heterocycles. The van der Waals surface area contributed by atoms with Crippen LogP contribution in [-0.2, 0) is 14.3 Å². The van der Waals surface area contributed by atoms with E-state index in [1.807, 2.05) is 30.3 Å². The molecule has 2 atom stereocenters. The smallest absolute Gasteiger partial charge is 0.317 e. The molecule has 0 radical (unpaired) electrons. The van der Waals surface area contributed by atoms with Gasteiger partial charge in [0.1, 0.15) is 11.5 Å². The highest BCUT2D eigenvalue weighted by Gasteiger charge is 2.48. The highest BCUT2D eigenvalue weighted by atomic mass is 16.6. The lowest BCUT2D eigenvalue weighted by atomic mass is 9.74. The van der Waals surface area contributed by atoms with Crippen LogP contribution in [0.15, 0.2) is 43.0 Å². The van der Waals surface area contributed by atoms with Gasteiger partial charge in [-0.05, 0) is 31.2 Å². The second-order valence-electron chi connectivity index (χ2n) is 7.16. The van der Waals surface area contributed by atoms with Gasteiger partial charge in [0.2, 0.25) is 0 Å². The molecule has 2 fully saturated rings. The second kappa shape index (κ2) is 7.33. The van der Waals surface area contributed by atoms with Crippen molar-refractivity contribution in [2.75, 3.05) is 0 Å². The van der Waals surface area contributed by atoms with Crippen molar-refractivity contribution in [2.24, 2.45) is 5.92 Å². The van der Waals surface area contributed by atoms with Gasteiger partial charge in [-0.1, -0.05) is 55.7 Å². The van der Waals surface area contributed by atoms with Gasteiger partial charge < -0.3 is 4.74 Å². The normalized spacial score (nSPS) is 25.4. The van der Waals surface area contributed by atoms with Gasteiger partial charge in [-0.2, -0.15) is 0 Å². The summed E-state index contributed by atoms with van der Waals surface area (Å²) in [6, 6.07) is 9.63. The van der Waals surface area contributed by atoms with Crippen molar-refractivity contribution >= 4 is 11.8 Å². The van der Waals surface area contributed by atoms with Crippen LogP contribution < -0.4 is 0 Å². The number of carbonyl (C=O) groups excluding carboxylic acids is 2. The average molecular weight is 326 g/mol. The van der Waals surface area contributed by atoms with E-state index >= 15 is 0 Å². The Morgan fingerprint density at radius 3 is 2.25 bits per heavy atom. The van der Waals surface area contributed by atoms with Crippen LogP contribution in [0.25, 0.3) is 0 Å². The van der Waals surface area contributed by atoms with E-state index in [1.54, 1.807) is 6.08 Å². The van der Waals surface area contributed by atoms with Gasteiger partial charge >= 0.3 is 5.97 Å². The third-order valence-electron chi connectivity index (χ3n) is 5.48. The third-order valence-corrected chi connectivity index (χ3v) is 5.48. The first-order chi connectivity index (χ1) is 11.7. The quantitative estimate of drug-likeness (QED) is 0.464. The molecule has 1 aliphatic carbocycles. The molecule has 3 rings (SSSR count). The molecule has 1 aromatic carbocycles. The van der Waals surface area contributed by atoms with Crippen LogP contribution in [0.1, 0.15) is 62.8 Å². The predicted octanol–water partition coefficient (Wildman–Crippen LogP) is 4.57. The number of ether oxygens (including phenoxy) is 1. The molecule has 1 spiro atoms. The van der Waals surface area contributed by atoms with Crippen LogP contribution in [0.2, 0.25) is 0 Å². The number of rotatable bonds is 3. The van der Waals surface area contributed by atoms with E-state index in [0.717, 1.165) is 44.1 Å². The minimum Gasteiger partial charge on any atom is -0.458 e. The van der Waals surface area contributed by atoms with Gasteiger partial charge in [0.25, 0.3) is 0 Å². The third kappa shape index (κ3) is 3.45. The maximum atomic E-state index is 12.9. The second-order valence-corrected chi connectivity index (χ2v) is 7.16. The lowest BCUT2D eigenvalue weighted by Gasteiger charge is -2.41. The summed E-state index contributed by atoms with van der Waals surface area (Å²) in [7, 11) is 0. The van der Waals surface area contributed by atoms with Crippen LogP contribution in [0.4, 0.5) is 0 Å². The molecule has 3 nitrogen and oxygen atoms in total. The van der Waals surface area contributed by atoms with Crippen molar-refractivity contribution in [3.05, 3.63) is 48.6 Å². The SMILES string of the molecule is C=CC(c1ccccc1)C1C(=O)CC2(CCCCCCC2)OC1=O. The van der Waals surface area contributed by atoms with Crippen molar-refractivity contribution in [2.45, 2.75) is 62.9 Å². The maximum absolute atomic E-state index is 12.9. The first-order valence-electron chi connectivity index (χ1n) is 9.08. The monoisotopic (exact) mass is 326 g/mol. The molecule has 2 aliphatic rings. The van der Waals surface area contributed by atoms with Gasteiger partial charge in [-0.15, -0.1) is 6.58 Å². The fourth-order valence-corrected chi connectivity index (χ4v) is 4.19. The molecule has 0 aromatic heterocycles. The number of Topliss-reactive ketones (excluding diaryl/α,β-unsaturated/α-hetero) is 1. The number of hydrogen-bond acceptors (Lipinski definition) is 3. The number of benzene rings is 1. The Hall–Kier alpha value is -1.90. The molecule has 0 amide bonds. The Balaban J connectivity index is 1.81. The van der Waals surface area contributed by atoms with Gasteiger partial charge in [-0.25, -0.2) is 0 Å². The number of carbonyl (C=O) groups is 2. The number of esters is 1. The number of ketones is 1. The minimum atomic E-state index is -0.749. The first-order valence-corrected chi connectivity index (χ1v) is 9.08. The molecule has 1 saturated carbocycles. The Labute approximate surface area is 144 Å².